The number of aryl methyl sites for hydroxylation is 1. The number of methoxy groups -OCH3 is 1. The van der Waals surface area contributed by atoms with Crippen molar-refractivity contribution >= 4 is 11.0 Å². The van der Waals surface area contributed by atoms with E-state index in [2.05, 4.69) is 54.4 Å². The normalized spacial score (nSPS) is 23.2. The van der Waals surface area contributed by atoms with Crippen molar-refractivity contribution in [1.82, 2.24) is 29.8 Å². The third kappa shape index (κ3) is 4.37. The van der Waals surface area contributed by atoms with Crippen molar-refractivity contribution in [2.24, 2.45) is 13.0 Å². The SMILES string of the molecule is COc1ccc2c(c1)n(CC1CCC(c3nnc(C4C=C(C)N(C(C)(C)C)N4)o3)CC1)c(=O)n2C. The lowest BCUT2D eigenvalue weighted by molar-refractivity contribution is 0.119. The number of imidazole rings is 1. The first-order chi connectivity index (χ1) is 16.7. The van der Waals surface area contributed by atoms with Gasteiger partial charge in [0.2, 0.25) is 11.8 Å². The van der Waals surface area contributed by atoms with Crippen LogP contribution in [0.25, 0.3) is 11.0 Å². The molecule has 2 aromatic heterocycles. The molecule has 2 aliphatic rings. The summed E-state index contributed by atoms with van der Waals surface area (Å²) in [7, 11) is 3.48. The summed E-state index contributed by atoms with van der Waals surface area (Å²) in [5.74, 6) is 2.81. The van der Waals surface area contributed by atoms with Crippen LogP contribution in [0.4, 0.5) is 0 Å². The average Bonchev–Trinajstić information content (AvgIpc) is 3.53. The molecule has 1 unspecified atom stereocenters. The van der Waals surface area contributed by atoms with Crippen molar-refractivity contribution in [1.29, 1.82) is 0 Å². The molecule has 1 aliphatic carbocycles. The summed E-state index contributed by atoms with van der Waals surface area (Å²) in [6.45, 7) is 9.30. The zero-order valence-electron chi connectivity index (χ0n) is 21.5. The first kappa shape index (κ1) is 23.7. The monoisotopic (exact) mass is 480 g/mol. The molecule has 0 radical (unpaired) electrons. The van der Waals surface area contributed by atoms with Crippen molar-refractivity contribution < 1.29 is 9.15 Å². The Kier molecular flexibility index (Phi) is 5.99. The molecule has 5 rings (SSSR count). The number of hydrazine groups is 1. The van der Waals surface area contributed by atoms with Crippen LogP contribution in [-0.4, -0.2) is 37.0 Å². The molecule has 1 aromatic carbocycles. The summed E-state index contributed by atoms with van der Waals surface area (Å²) in [4.78, 5) is 12.9. The Labute approximate surface area is 205 Å². The lowest BCUT2D eigenvalue weighted by atomic mass is 9.82. The van der Waals surface area contributed by atoms with E-state index in [4.69, 9.17) is 9.15 Å². The van der Waals surface area contributed by atoms with Gasteiger partial charge in [0.1, 0.15) is 11.8 Å². The first-order valence-corrected chi connectivity index (χ1v) is 12.5. The van der Waals surface area contributed by atoms with E-state index >= 15 is 0 Å². The van der Waals surface area contributed by atoms with Gasteiger partial charge in [-0.1, -0.05) is 0 Å². The standard InChI is InChI=1S/C26H36N6O3/c1-16-13-20(29-32(16)26(2,3)4)24-28-27-23(35-24)18-9-7-17(8-10-18)15-31-22-14-19(34-6)11-12-21(22)30(5)25(31)33/h11-14,17-18,20,29H,7-10,15H2,1-6H3. The fraction of sp³-hybridized carbons (Fsp3) is 0.577. The maximum absolute atomic E-state index is 12.9. The largest absolute Gasteiger partial charge is 0.497 e. The molecule has 3 aromatic rings. The highest BCUT2D eigenvalue weighted by Gasteiger charge is 2.33. The second kappa shape index (κ2) is 8.86. The molecule has 9 nitrogen and oxygen atoms in total. The number of nitrogens with zero attached hydrogens (tertiary/aromatic N) is 5. The van der Waals surface area contributed by atoms with Crippen LogP contribution in [0.2, 0.25) is 0 Å². The van der Waals surface area contributed by atoms with Gasteiger partial charge in [0.15, 0.2) is 0 Å². The molecule has 1 saturated carbocycles. The van der Waals surface area contributed by atoms with Gasteiger partial charge in [-0.15, -0.1) is 10.2 Å². The topological polar surface area (TPSA) is 90.3 Å². The number of nitrogens with one attached hydrogen (secondary N) is 1. The van der Waals surface area contributed by atoms with E-state index in [1.807, 2.05) is 29.8 Å². The van der Waals surface area contributed by atoms with Gasteiger partial charge in [-0.25, -0.2) is 10.2 Å². The van der Waals surface area contributed by atoms with Crippen LogP contribution >= 0.6 is 0 Å². The van der Waals surface area contributed by atoms with E-state index < -0.39 is 0 Å². The Balaban J connectivity index is 1.24. The lowest BCUT2D eigenvalue weighted by Gasteiger charge is -2.35. The predicted octanol–water partition coefficient (Wildman–Crippen LogP) is 4.27. The smallest absolute Gasteiger partial charge is 0.328 e. The van der Waals surface area contributed by atoms with E-state index in [1.54, 1.807) is 11.7 Å². The van der Waals surface area contributed by atoms with Crippen LogP contribution in [-0.2, 0) is 13.6 Å². The molecule has 0 bridgehead atoms. The Morgan fingerprint density at radius 2 is 1.83 bits per heavy atom. The maximum atomic E-state index is 12.9. The molecule has 9 heteroatoms. The summed E-state index contributed by atoms with van der Waals surface area (Å²) in [5.41, 5.74) is 6.48. The zero-order chi connectivity index (χ0) is 24.9. The van der Waals surface area contributed by atoms with E-state index in [0.717, 1.165) is 54.1 Å². The van der Waals surface area contributed by atoms with Gasteiger partial charge >= 0.3 is 5.69 Å². The van der Waals surface area contributed by atoms with Gasteiger partial charge in [-0.2, -0.15) is 0 Å². The molecule has 1 fully saturated rings. The average molecular weight is 481 g/mol. The van der Waals surface area contributed by atoms with E-state index in [-0.39, 0.29) is 23.2 Å². The highest BCUT2D eigenvalue weighted by molar-refractivity contribution is 5.77. The second-order valence-corrected chi connectivity index (χ2v) is 10.9. The molecule has 1 aliphatic heterocycles. The van der Waals surface area contributed by atoms with Gasteiger partial charge in [0.25, 0.3) is 0 Å². The van der Waals surface area contributed by atoms with E-state index in [1.165, 1.54) is 0 Å². The van der Waals surface area contributed by atoms with Crippen LogP contribution in [0.1, 0.15) is 77.1 Å². The number of fused-ring (bicyclic) bond motifs is 1. The van der Waals surface area contributed by atoms with E-state index in [9.17, 15) is 4.79 Å². The minimum absolute atomic E-state index is 0.0219. The molecule has 0 amide bonds. The molecular weight excluding hydrogens is 444 g/mol. The molecule has 1 N–H and O–H groups in total. The summed E-state index contributed by atoms with van der Waals surface area (Å²) in [5, 5.41) is 10.9. The minimum Gasteiger partial charge on any atom is -0.497 e. The van der Waals surface area contributed by atoms with E-state index in [0.29, 0.717) is 18.4 Å². The van der Waals surface area contributed by atoms with Crippen LogP contribution in [0, 0.1) is 5.92 Å². The third-order valence-corrected chi connectivity index (χ3v) is 7.41. The summed E-state index contributed by atoms with van der Waals surface area (Å²) in [6, 6.07) is 5.71. The lowest BCUT2D eigenvalue weighted by Crippen LogP contribution is -2.46. The summed E-state index contributed by atoms with van der Waals surface area (Å²) in [6.07, 6.45) is 6.14. The van der Waals surface area contributed by atoms with Gasteiger partial charge in [-0.3, -0.25) is 9.13 Å². The molecule has 188 valence electrons. The zero-order valence-corrected chi connectivity index (χ0v) is 21.5. The maximum Gasteiger partial charge on any atom is 0.328 e. The van der Waals surface area contributed by atoms with Crippen LogP contribution in [0.3, 0.4) is 0 Å². The number of hydrogen-bond acceptors (Lipinski definition) is 7. The van der Waals surface area contributed by atoms with Crippen LogP contribution < -0.4 is 15.9 Å². The van der Waals surface area contributed by atoms with Gasteiger partial charge in [0.05, 0.1) is 18.1 Å². The molecule has 0 saturated heterocycles. The Hall–Kier alpha value is -3.07. The Morgan fingerprint density at radius 1 is 1.11 bits per heavy atom. The molecule has 0 spiro atoms. The molecule has 35 heavy (non-hydrogen) atoms. The quantitative estimate of drug-likeness (QED) is 0.583. The van der Waals surface area contributed by atoms with Crippen molar-refractivity contribution in [3.05, 3.63) is 52.2 Å². The highest BCUT2D eigenvalue weighted by Crippen LogP contribution is 2.37. The number of ether oxygens (including phenoxy) is 1. The summed E-state index contributed by atoms with van der Waals surface area (Å²) < 4.78 is 15.1. The molecule has 1 atom stereocenters. The fourth-order valence-electron chi connectivity index (χ4n) is 5.52. The van der Waals surface area contributed by atoms with Crippen molar-refractivity contribution in [3.63, 3.8) is 0 Å². The number of aromatic nitrogens is 4. The second-order valence-electron chi connectivity index (χ2n) is 10.9. The van der Waals surface area contributed by atoms with Gasteiger partial charge < -0.3 is 14.2 Å². The number of allylic oxidation sites excluding steroid dienone is 1. The van der Waals surface area contributed by atoms with Gasteiger partial charge in [-0.05, 0) is 77.5 Å². The summed E-state index contributed by atoms with van der Waals surface area (Å²) >= 11 is 0. The third-order valence-electron chi connectivity index (χ3n) is 7.41. The highest BCUT2D eigenvalue weighted by atomic mass is 16.5. The molecule has 3 heterocycles. The predicted molar refractivity (Wildman–Crippen MR) is 134 cm³/mol. The number of rotatable bonds is 5. The Bertz CT molecular complexity index is 1300. The van der Waals surface area contributed by atoms with Gasteiger partial charge in [0, 0.05) is 36.8 Å². The number of hydrogen-bond donors (Lipinski definition) is 1. The number of benzene rings is 1. The van der Waals surface area contributed by atoms with Crippen molar-refractivity contribution in [2.45, 2.75) is 77.4 Å². The first-order valence-electron chi connectivity index (χ1n) is 12.5. The van der Waals surface area contributed by atoms with Crippen LogP contribution in [0.15, 0.2) is 39.2 Å². The molecular formula is C26H36N6O3. The van der Waals surface area contributed by atoms with Crippen molar-refractivity contribution in [2.75, 3.05) is 7.11 Å². The Morgan fingerprint density at radius 3 is 2.49 bits per heavy atom. The van der Waals surface area contributed by atoms with Crippen molar-refractivity contribution in [3.8, 4) is 5.75 Å². The minimum atomic E-state index is -0.0953. The van der Waals surface area contributed by atoms with Crippen LogP contribution in [0.5, 0.6) is 5.75 Å². The fourth-order valence-corrected chi connectivity index (χ4v) is 5.52.